The van der Waals surface area contributed by atoms with Gasteiger partial charge in [0.15, 0.2) is 11.5 Å². The molecule has 0 saturated carbocycles. The molecule has 1 aliphatic rings. The molecule has 1 heterocycles. The number of carbonyl (C=O) groups excluding carboxylic acids is 2. The summed E-state index contributed by atoms with van der Waals surface area (Å²) < 4.78 is 16.1. The molecule has 1 amide bonds. The van der Waals surface area contributed by atoms with Crippen molar-refractivity contribution in [1.82, 2.24) is 9.80 Å². The van der Waals surface area contributed by atoms with Crippen LogP contribution < -0.4 is 14.2 Å². The third kappa shape index (κ3) is 4.27. The molecular weight excluding hydrogens is 412 g/mol. The molecule has 0 spiro atoms. The van der Waals surface area contributed by atoms with Crippen LogP contribution >= 0.6 is 0 Å². The van der Waals surface area contributed by atoms with Gasteiger partial charge < -0.3 is 29.1 Å². The lowest BCUT2D eigenvalue weighted by atomic mass is 9.94. The minimum atomic E-state index is -0.792. The molecule has 170 valence electrons. The van der Waals surface area contributed by atoms with Gasteiger partial charge in [0.25, 0.3) is 11.7 Å². The van der Waals surface area contributed by atoms with Crippen molar-refractivity contribution >= 4 is 17.4 Å². The van der Waals surface area contributed by atoms with Gasteiger partial charge in [0.2, 0.25) is 0 Å². The van der Waals surface area contributed by atoms with Crippen LogP contribution in [0.2, 0.25) is 0 Å². The number of ether oxygens (including phenoxy) is 3. The summed E-state index contributed by atoms with van der Waals surface area (Å²) in [5, 5.41) is 11.2. The molecule has 1 N–H and O–H groups in total. The van der Waals surface area contributed by atoms with Crippen LogP contribution in [0.25, 0.3) is 5.76 Å². The molecule has 0 aromatic heterocycles. The van der Waals surface area contributed by atoms with E-state index in [2.05, 4.69) is 0 Å². The predicted octanol–water partition coefficient (Wildman–Crippen LogP) is 2.70. The molecule has 1 unspecified atom stereocenters. The van der Waals surface area contributed by atoms with Crippen LogP contribution in [-0.4, -0.2) is 75.1 Å². The Morgan fingerprint density at radius 2 is 1.62 bits per heavy atom. The van der Waals surface area contributed by atoms with E-state index in [4.69, 9.17) is 14.2 Å². The summed E-state index contributed by atoms with van der Waals surface area (Å²) in [6, 6.07) is 11.2. The number of hydrogen-bond acceptors (Lipinski definition) is 7. The molecule has 0 aliphatic carbocycles. The van der Waals surface area contributed by atoms with Gasteiger partial charge >= 0.3 is 0 Å². The smallest absolute Gasteiger partial charge is 0.295 e. The van der Waals surface area contributed by atoms with Crippen molar-refractivity contribution in [2.45, 2.75) is 6.04 Å². The Bertz CT molecular complexity index is 1050. The quantitative estimate of drug-likeness (QED) is 0.384. The normalized spacial score (nSPS) is 17.7. The highest BCUT2D eigenvalue weighted by molar-refractivity contribution is 6.46. The van der Waals surface area contributed by atoms with Crippen LogP contribution in [0.3, 0.4) is 0 Å². The molecule has 1 saturated heterocycles. The van der Waals surface area contributed by atoms with E-state index in [1.807, 2.05) is 25.1 Å². The average molecular weight is 440 g/mol. The molecule has 2 aromatic carbocycles. The van der Waals surface area contributed by atoms with Crippen molar-refractivity contribution < 1.29 is 28.9 Å². The van der Waals surface area contributed by atoms with E-state index in [0.717, 1.165) is 0 Å². The number of Topliss-reactive ketones (excluding diaryl/α,β-unsaturated/α-hetero) is 1. The number of amides is 1. The minimum absolute atomic E-state index is 0.00507. The second kappa shape index (κ2) is 9.74. The highest BCUT2D eigenvalue weighted by Gasteiger charge is 2.46. The highest BCUT2D eigenvalue weighted by Crippen LogP contribution is 2.43. The van der Waals surface area contributed by atoms with Crippen molar-refractivity contribution in [2.75, 3.05) is 48.5 Å². The van der Waals surface area contributed by atoms with Crippen LogP contribution in [0, 0.1) is 0 Å². The number of methoxy groups -OCH3 is 3. The third-order valence-electron chi connectivity index (χ3n) is 5.42. The first-order valence-electron chi connectivity index (χ1n) is 10.1. The minimum Gasteiger partial charge on any atom is -0.507 e. The lowest BCUT2D eigenvalue weighted by molar-refractivity contribution is -0.140. The number of ketones is 1. The number of para-hydroxylation sites is 1. The summed E-state index contributed by atoms with van der Waals surface area (Å²) in [4.78, 5) is 29.5. The van der Waals surface area contributed by atoms with Crippen molar-refractivity contribution in [3.63, 3.8) is 0 Å². The molecule has 1 aliphatic heterocycles. The van der Waals surface area contributed by atoms with Crippen molar-refractivity contribution in [1.29, 1.82) is 0 Å². The maximum atomic E-state index is 13.1. The SMILES string of the molecule is COc1ccc(/C(O)=C2\C(=O)C(=O)N(CCN(C)C)C2c2ccccc2OC)cc1OC. The second-order valence-electron chi connectivity index (χ2n) is 7.61. The number of carbonyl (C=O) groups is 2. The fourth-order valence-corrected chi connectivity index (χ4v) is 3.77. The standard InChI is InChI=1S/C24H28N2O6/c1-25(2)12-13-26-21(16-8-6-7-9-17(16)30-3)20(23(28)24(26)29)22(27)15-10-11-18(31-4)19(14-15)32-5/h6-11,14,21,27H,12-13H2,1-5H3/b22-20+. The topological polar surface area (TPSA) is 88.5 Å². The van der Waals surface area contributed by atoms with Crippen molar-refractivity contribution in [3.8, 4) is 17.2 Å². The first kappa shape index (κ1) is 23.1. The van der Waals surface area contributed by atoms with Gasteiger partial charge in [0.1, 0.15) is 11.5 Å². The van der Waals surface area contributed by atoms with E-state index < -0.39 is 17.7 Å². The number of nitrogens with zero attached hydrogens (tertiary/aromatic N) is 2. The molecule has 3 rings (SSSR count). The third-order valence-corrected chi connectivity index (χ3v) is 5.42. The van der Waals surface area contributed by atoms with Gasteiger partial charge in [0.05, 0.1) is 32.9 Å². The monoisotopic (exact) mass is 440 g/mol. The summed E-state index contributed by atoms with van der Waals surface area (Å²) in [5.74, 6) is -0.291. The first-order chi connectivity index (χ1) is 15.3. The zero-order valence-electron chi connectivity index (χ0n) is 18.9. The first-order valence-corrected chi connectivity index (χ1v) is 10.1. The molecule has 32 heavy (non-hydrogen) atoms. The van der Waals surface area contributed by atoms with E-state index in [1.54, 1.807) is 36.4 Å². The van der Waals surface area contributed by atoms with Gasteiger partial charge in [-0.25, -0.2) is 0 Å². The summed E-state index contributed by atoms with van der Waals surface area (Å²) >= 11 is 0. The highest BCUT2D eigenvalue weighted by atomic mass is 16.5. The molecular formula is C24H28N2O6. The van der Waals surface area contributed by atoms with Crippen molar-refractivity contribution in [3.05, 3.63) is 59.2 Å². The summed E-state index contributed by atoms with van der Waals surface area (Å²) in [6.45, 7) is 0.859. The van der Waals surface area contributed by atoms with E-state index in [1.165, 1.54) is 26.2 Å². The molecule has 0 radical (unpaired) electrons. The molecule has 0 bridgehead atoms. The van der Waals surface area contributed by atoms with Gasteiger partial charge in [-0.2, -0.15) is 0 Å². The summed E-state index contributed by atoms with van der Waals surface area (Å²) in [6.07, 6.45) is 0. The van der Waals surface area contributed by atoms with Gasteiger partial charge in [-0.15, -0.1) is 0 Å². The number of rotatable bonds is 8. The average Bonchev–Trinajstić information content (AvgIpc) is 3.06. The number of aliphatic hydroxyl groups excluding tert-OH is 1. The van der Waals surface area contributed by atoms with Gasteiger partial charge in [-0.05, 0) is 38.4 Å². The number of hydrogen-bond donors (Lipinski definition) is 1. The van der Waals surface area contributed by atoms with Gasteiger partial charge in [-0.1, -0.05) is 18.2 Å². The Morgan fingerprint density at radius 1 is 0.969 bits per heavy atom. The Morgan fingerprint density at radius 3 is 2.25 bits per heavy atom. The number of likely N-dealkylation sites (tertiary alicyclic amines) is 1. The van der Waals surface area contributed by atoms with Gasteiger partial charge in [-0.3, -0.25) is 9.59 Å². The van der Waals surface area contributed by atoms with Crippen LogP contribution in [0.1, 0.15) is 17.2 Å². The maximum Gasteiger partial charge on any atom is 0.295 e. The number of likely N-dealkylation sites (N-methyl/N-ethyl adjacent to an activating group) is 1. The van der Waals surface area contributed by atoms with Crippen LogP contribution in [0.4, 0.5) is 0 Å². The van der Waals surface area contributed by atoms with E-state index in [-0.39, 0.29) is 11.3 Å². The fourth-order valence-electron chi connectivity index (χ4n) is 3.77. The molecule has 2 aromatic rings. The largest absolute Gasteiger partial charge is 0.507 e. The summed E-state index contributed by atoms with van der Waals surface area (Å²) in [7, 11) is 8.29. The molecule has 1 atom stereocenters. The molecule has 1 fully saturated rings. The summed E-state index contributed by atoms with van der Waals surface area (Å²) in [5.41, 5.74) is 0.966. The molecule has 8 heteroatoms. The fraction of sp³-hybridized carbons (Fsp3) is 0.333. The Labute approximate surface area is 187 Å². The van der Waals surface area contributed by atoms with Gasteiger partial charge in [0, 0.05) is 24.2 Å². The number of aliphatic hydroxyl groups is 1. The lowest BCUT2D eigenvalue weighted by Gasteiger charge is -2.27. The Kier molecular flexibility index (Phi) is 7.05. The van der Waals surface area contributed by atoms with E-state index >= 15 is 0 Å². The Balaban J connectivity index is 2.21. The zero-order valence-corrected chi connectivity index (χ0v) is 18.9. The van der Waals surface area contributed by atoms with Crippen LogP contribution in [-0.2, 0) is 9.59 Å². The zero-order chi connectivity index (χ0) is 23.4. The van der Waals surface area contributed by atoms with Crippen LogP contribution in [0.15, 0.2) is 48.0 Å². The predicted molar refractivity (Wildman–Crippen MR) is 120 cm³/mol. The Hall–Kier alpha value is -3.52. The van der Waals surface area contributed by atoms with Crippen molar-refractivity contribution in [2.24, 2.45) is 0 Å². The van der Waals surface area contributed by atoms with Crippen LogP contribution in [0.5, 0.6) is 17.2 Å². The second-order valence-corrected chi connectivity index (χ2v) is 7.61. The van der Waals surface area contributed by atoms with E-state index in [9.17, 15) is 14.7 Å². The molecule has 8 nitrogen and oxygen atoms in total. The lowest BCUT2D eigenvalue weighted by Crippen LogP contribution is -2.35. The van der Waals surface area contributed by atoms with E-state index in [0.29, 0.717) is 41.5 Å². The number of benzene rings is 2. The maximum absolute atomic E-state index is 13.1.